The van der Waals surface area contributed by atoms with Crippen LogP contribution in [0.5, 0.6) is 23.0 Å². The number of rotatable bonds is 12. The molecule has 0 aliphatic carbocycles. The minimum atomic E-state index is -0.578. The molecule has 0 heterocycles. The summed E-state index contributed by atoms with van der Waals surface area (Å²) in [6, 6.07) is 17.3. The third kappa shape index (κ3) is 8.29. The van der Waals surface area contributed by atoms with E-state index in [0.29, 0.717) is 51.9 Å². The van der Waals surface area contributed by atoms with Crippen LogP contribution in [0.4, 0.5) is 0 Å². The van der Waals surface area contributed by atoms with Crippen LogP contribution in [0.15, 0.2) is 97.1 Å². The molecule has 7 heteroatoms. The lowest BCUT2D eigenvalue weighted by Crippen LogP contribution is -2.10. The number of carbonyl (C=O) groups excluding carboxylic acids is 3. The van der Waals surface area contributed by atoms with E-state index in [1.54, 1.807) is 75.4 Å². The van der Waals surface area contributed by atoms with Gasteiger partial charge in [0.15, 0.2) is 0 Å². The van der Waals surface area contributed by atoms with Crippen molar-refractivity contribution in [3.63, 3.8) is 0 Å². The molecule has 0 saturated heterocycles. The number of hydrogen-bond donors (Lipinski definition) is 0. The van der Waals surface area contributed by atoms with Crippen LogP contribution in [0.3, 0.4) is 0 Å². The second-order valence-electron chi connectivity index (χ2n) is 9.60. The summed E-state index contributed by atoms with van der Waals surface area (Å²) in [6.45, 7) is 18.2. The number of ether oxygens (including phenoxy) is 4. The van der Waals surface area contributed by atoms with Gasteiger partial charge in [0.05, 0.1) is 6.61 Å². The molecule has 0 aliphatic heterocycles. The predicted molar refractivity (Wildman–Crippen MR) is 159 cm³/mol. The van der Waals surface area contributed by atoms with Crippen molar-refractivity contribution in [1.29, 1.82) is 0 Å². The molecule has 212 valence electrons. The van der Waals surface area contributed by atoms with Crippen LogP contribution in [0.25, 0.3) is 22.3 Å². The number of carbonyl (C=O) groups is 3. The van der Waals surface area contributed by atoms with Crippen LogP contribution in [0.1, 0.15) is 40.5 Å². The quantitative estimate of drug-likeness (QED) is 0.0983. The summed E-state index contributed by atoms with van der Waals surface area (Å²) in [5.74, 6) is -0.0246. The van der Waals surface area contributed by atoms with Gasteiger partial charge in [0, 0.05) is 27.8 Å². The standard InChI is InChI=1S/C34H34O7/c1-8-9-18-38-30-19-29(25-12-16-27(17-13-25)40-33(36)22(4)5)31(41-34(37)23(6)7)20-28(30)24-10-14-26(15-11-24)39-32(35)21(2)3/h10-17,19-20H,2,4,6,8-9,18H2,1,3,5,7H3. The largest absolute Gasteiger partial charge is 0.493 e. The highest BCUT2D eigenvalue weighted by Gasteiger charge is 2.19. The Morgan fingerprint density at radius 2 is 1.00 bits per heavy atom. The number of esters is 3. The third-order valence-electron chi connectivity index (χ3n) is 5.84. The minimum absolute atomic E-state index is 0.242. The number of benzene rings is 3. The molecule has 0 spiro atoms. The van der Waals surface area contributed by atoms with Crippen LogP contribution in [-0.4, -0.2) is 24.5 Å². The molecule has 0 amide bonds. The van der Waals surface area contributed by atoms with Gasteiger partial charge in [0.25, 0.3) is 0 Å². The second kappa shape index (κ2) is 13.9. The maximum Gasteiger partial charge on any atom is 0.338 e. The van der Waals surface area contributed by atoms with Crippen LogP contribution in [0.2, 0.25) is 0 Å². The van der Waals surface area contributed by atoms with Gasteiger partial charge >= 0.3 is 17.9 Å². The van der Waals surface area contributed by atoms with Gasteiger partial charge < -0.3 is 18.9 Å². The summed E-state index contributed by atoms with van der Waals surface area (Å²) in [7, 11) is 0. The van der Waals surface area contributed by atoms with Crippen molar-refractivity contribution in [3.05, 3.63) is 97.1 Å². The average Bonchev–Trinajstić information content (AvgIpc) is 2.94. The van der Waals surface area contributed by atoms with Crippen LogP contribution in [0, 0.1) is 0 Å². The molecule has 7 nitrogen and oxygen atoms in total. The Bertz CT molecular complexity index is 1480. The third-order valence-corrected chi connectivity index (χ3v) is 5.84. The first kappa shape index (κ1) is 30.6. The zero-order chi connectivity index (χ0) is 30.1. The molecule has 0 fully saturated rings. The van der Waals surface area contributed by atoms with E-state index in [1.165, 1.54) is 0 Å². The van der Waals surface area contributed by atoms with Gasteiger partial charge in [0.2, 0.25) is 0 Å². The van der Waals surface area contributed by atoms with Gasteiger partial charge in [-0.15, -0.1) is 0 Å². The van der Waals surface area contributed by atoms with E-state index in [1.807, 2.05) is 6.07 Å². The van der Waals surface area contributed by atoms with Gasteiger partial charge in [0.1, 0.15) is 23.0 Å². The fourth-order valence-electron chi connectivity index (χ4n) is 3.52. The van der Waals surface area contributed by atoms with E-state index in [4.69, 9.17) is 18.9 Å². The molecular weight excluding hydrogens is 520 g/mol. The highest BCUT2D eigenvalue weighted by molar-refractivity contribution is 5.92. The second-order valence-corrected chi connectivity index (χ2v) is 9.60. The summed E-state index contributed by atoms with van der Waals surface area (Å²) in [5, 5.41) is 0. The van der Waals surface area contributed by atoms with E-state index < -0.39 is 17.9 Å². The molecule has 0 unspecified atom stereocenters. The molecule has 0 N–H and O–H groups in total. The van der Waals surface area contributed by atoms with Gasteiger partial charge in [-0.05, 0) is 74.7 Å². The molecule has 3 aromatic carbocycles. The lowest BCUT2D eigenvalue weighted by Gasteiger charge is -2.18. The van der Waals surface area contributed by atoms with Gasteiger partial charge in [-0.1, -0.05) is 57.3 Å². The molecule has 41 heavy (non-hydrogen) atoms. The topological polar surface area (TPSA) is 88.1 Å². The van der Waals surface area contributed by atoms with E-state index in [2.05, 4.69) is 26.7 Å². The normalized spacial score (nSPS) is 10.3. The van der Waals surface area contributed by atoms with Crippen molar-refractivity contribution in [2.75, 3.05) is 6.61 Å². The highest BCUT2D eigenvalue weighted by Crippen LogP contribution is 2.42. The molecule has 0 aliphatic rings. The Labute approximate surface area is 240 Å². The average molecular weight is 555 g/mol. The molecule has 0 bridgehead atoms. The molecule has 0 atom stereocenters. The summed E-state index contributed by atoms with van der Waals surface area (Å²) >= 11 is 0. The smallest absolute Gasteiger partial charge is 0.338 e. The lowest BCUT2D eigenvalue weighted by atomic mass is 9.97. The van der Waals surface area contributed by atoms with Gasteiger partial charge in [-0.3, -0.25) is 0 Å². The molecule has 3 rings (SSSR count). The van der Waals surface area contributed by atoms with E-state index in [0.717, 1.165) is 18.4 Å². The lowest BCUT2D eigenvalue weighted by molar-refractivity contribution is -0.130. The van der Waals surface area contributed by atoms with E-state index >= 15 is 0 Å². The number of unbranched alkanes of at least 4 members (excludes halogenated alkanes) is 1. The van der Waals surface area contributed by atoms with E-state index in [9.17, 15) is 14.4 Å². The Morgan fingerprint density at radius 1 is 0.610 bits per heavy atom. The highest BCUT2D eigenvalue weighted by atomic mass is 16.5. The van der Waals surface area contributed by atoms with Crippen molar-refractivity contribution >= 4 is 17.9 Å². The SMILES string of the molecule is C=C(C)C(=O)Oc1ccc(-c2cc(OC(=O)C(=C)C)c(-c3ccc(OC(=O)C(=C)C)cc3)cc2OCCCC)cc1. The maximum absolute atomic E-state index is 12.6. The first-order valence-corrected chi connectivity index (χ1v) is 13.1. The minimum Gasteiger partial charge on any atom is -0.493 e. The van der Waals surface area contributed by atoms with Crippen LogP contribution < -0.4 is 18.9 Å². The van der Waals surface area contributed by atoms with Gasteiger partial charge in [-0.25, -0.2) is 14.4 Å². The molecular formula is C34H34O7. The first-order chi connectivity index (χ1) is 19.5. The van der Waals surface area contributed by atoms with Crippen molar-refractivity contribution in [2.45, 2.75) is 40.5 Å². The zero-order valence-electron chi connectivity index (χ0n) is 23.9. The summed E-state index contributed by atoms with van der Waals surface area (Å²) in [4.78, 5) is 36.4. The van der Waals surface area contributed by atoms with Crippen molar-refractivity contribution < 1.29 is 33.3 Å². The summed E-state index contributed by atoms with van der Waals surface area (Å²) < 4.78 is 22.6. The van der Waals surface area contributed by atoms with E-state index in [-0.39, 0.29) is 11.1 Å². The van der Waals surface area contributed by atoms with Crippen molar-refractivity contribution in [2.24, 2.45) is 0 Å². The maximum atomic E-state index is 12.6. The first-order valence-electron chi connectivity index (χ1n) is 13.1. The van der Waals surface area contributed by atoms with Crippen LogP contribution in [-0.2, 0) is 14.4 Å². The van der Waals surface area contributed by atoms with Gasteiger partial charge in [-0.2, -0.15) is 0 Å². The Kier molecular flexibility index (Phi) is 10.4. The van der Waals surface area contributed by atoms with Crippen LogP contribution >= 0.6 is 0 Å². The fourth-order valence-corrected chi connectivity index (χ4v) is 3.52. The monoisotopic (exact) mass is 554 g/mol. The zero-order valence-corrected chi connectivity index (χ0v) is 23.9. The fraction of sp³-hybridized carbons (Fsp3) is 0.206. The molecule has 0 aromatic heterocycles. The van der Waals surface area contributed by atoms with Crippen molar-refractivity contribution in [1.82, 2.24) is 0 Å². The number of hydrogen-bond acceptors (Lipinski definition) is 7. The Morgan fingerprint density at radius 3 is 1.41 bits per heavy atom. The Balaban J connectivity index is 2.10. The molecule has 3 aromatic rings. The molecule has 0 saturated carbocycles. The predicted octanol–water partition coefficient (Wildman–Crippen LogP) is 7.64. The molecule has 0 radical (unpaired) electrons. The van der Waals surface area contributed by atoms with Crippen molar-refractivity contribution in [3.8, 4) is 45.3 Å². The summed E-state index contributed by atoms with van der Waals surface area (Å²) in [5.41, 5.74) is 3.56. The Hall–Kier alpha value is -4.91. The summed E-state index contributed by atoms with van der Waals surface area (Å²) in [6.07, 6.45) is 1.80.